The van der Waals surface area contributed by atoms with Crippen LogP contribution in [0.1, 0.15) is 18.4 Å². The number of hydrogen-bond acceptors (Lipinski definition) is 5. The van der Waals surface area contributed by atoms with Crippen molar-refractivity contribution in [1.82, 2.24) is 19.7 Å². The van der Waals surface area contributed by atoms with Gasteiger partial charge in [-0.05, 0) is 20.8 Å². The number of aromatic nitrogens is 4. The summed E-state index contributed by atoms with van der Waals surface area (Å²) in [4.78, 5) is 8.76. The Hall–Kier alpha value is -1.69. The minimum atomic E-state index is -0.0530. The molecule has 2 heterocycles. The molecule has 2 rings (SSSR count). The number of nitrogens with one attached hydrogen (secondary N) is 1. The van der Waals surface area contributed by atoms with E-state index in [-0.39, 0.29) is 12.6 Å². The Morgan fingerprint density at radius 2 is 2.06 bits per heavy atom. The molecule has 17 heavy (non-hydrogen) atoms. The van der Waals surface area contributed by atoms with E-state index in [4.69, 9.17) is 5.11 Å². The van der Waals surface area contributed by atoms with Gasteiger partial charge in [0.05, 0.1) is 12.3 Å². The molecule has 0 saturated carbocycles. The highest BCUT2D eigenvalue weighted by Crippen LogP contribution is 2.22. The van der Waals surface area contributed by atoms with Gasteiger partial charge in [0, 0.05) is 13.1 Å². The lowest BCUT2D eigenvalue weighted by atomic mass is 10.3. The quantitative estimate of drug-likeness (QED) is 0.822. The van der Waals surface area contributed by atoms with Crippen molar-refractivity contribution in [3.05, 3.63) is 11.5 Å². The van der Waals surface area contributed by atoms with Crippen molar-refractivity contribution in [2.75, 3.05) is 11.9 Å². The molecule has 6 heteroatoms. The molecule has 2 aromatic rings. The highest BCUT2D eigenvalue weighted by Gasteiger charge is 2.14. The third-order valence-corrected chi connectivity index (χ3v) is 2.62. The zero-order valence-electron chi connectivity index (χ0n) is 10.5. The summed E-state index contributed by atoms with van der Waals surface area (Å²) >= 11 is 0. The molecule has 0 amide bonds. The standard InChI is InChI=1S/C11H17N5O/c1-6(5-17)12-11-10-9(13-8(3)14-11)7(2)15-16(10)4/h6,17H,5H2,1-4H3,(H,12,13,14)/t6-/m1/s1. The van der Waals surface area contributed by atoms with Crippen LogP contribution >= 0.6 is 0 Å². The number of hydrogen-bond donors (Lipinski definition) is 2. The lowest BCUT2D eigenvalue weighted by molar-refractivity contribution is 0.281. The van der Waals surface area contributed by atoms with E-state index in [0.717, 1.165) is 22.5 Å². The molecule has 0 bridgehead atoms. The average molecular weight is 235 g/mol. The van der Waals surface area contributed by atoms with Gasteiger partial charge in [0.25, 0.3) is 0 Å². The molecule has 6 nitrogen and oxygen atoms in total. The Labute approximate surface area is 99.7 Å². The Kier molecular flexibility index (Phi) is 2.97. The van der Waals surface area contributed by atoms with Crippen molar-refractivity contribution in [3.63, 3.8) is 0 Å². The van der Waals surface area contributed by atoms with E-state index in [1.807, 2.05) is 27.8 Å². The Morgan fingerprint density at radius 1 is 1.35 bits per heavy atom. The first-order chi connectivity index (χ1) is 8.02. The Morgan fingerprint density at radius 3 is 2.71 bits per heavy atom. The predicted octanol–water partition coefficient (Wildman–Crippen LogP) is 0.773. The fourth-order valence-electron chi connectivity index (χ4n) is 1.83. The molecule has 0 aliphatic rings. The summed E-state index contributed by atoms with van der Waals surface area (Å²) in [5.41, 5.74) is 2.61. The van der Waals surface area contributed by atoms with Crippen LogP contribution in [0.15, 0.2) is 0 Å². The summed E-state index contributed by atoms with van der Waals surface area (Å²) in [7, 11) is 1.86. The normalized spacial score (nSPS) is 13.0. The molecular formula is C11H17N5O. The number of aryl methyl sites for hydroxylation is 3. The second-order valence-electron chi connectivity index (χ2n) is 4.25. The van der Waals surface area contributed by atoms with E-state index < -0.39 is 0 Å². The van der Waals surface area contributed by atoms with Gasteiger partial charge in [-0.1, -0.05) is 0 Å². The summed E-state index contributed by atoms with van der Waals surface area (Å²) in [6.07, 6.45) is 0. The molecule has 0 aliphatic heterocycles. The SMILES string of the molecule is Cc1nc(N[C@H](C)CO)c2c(n1)c(C)nn2C. The fraction of sp³-hybridized carbons (Fsp3) is 0.545. The highest BCUT2D eigenvalue weighted by molar-refractivity contribution is 5.87. The number of anilines is 1. The summed E-state index contributed by atoms with van der Waals surface area (Å²) in [6.45, 7) is 5.72. The maximum atomic E-state index is 9.08. The van der Waals surface area contributed by atoms with Crippen molar-refractivity contribution in [3.8, 4) is 0 Å². The van der Waals surface area contributed by atoms with Crippen molar-refractivity contribution in [2.24, 2.45) is 7.05 Å². The highest BCUT2D eigenvalue weighted by atomic mass is 16.3. The smallest absolute Gasteiger partial charge is 0.156 e. The molecule has 0 radical (unpaired) electrons. The topological polar surface area (TPSA) is 75.9 Å². The van der Waals surface area contributed by atoms with Gasteiger partial charge in [0.15, 0.2) is 5.82 Å². The predicted molar refractivity (Wildman–Crippen MR) is 65.9 cm³/mol. The van der Waals surface area contributed by atoms with Gasteiger partial charge in [-0.25, -0.2) is 9.97 Å². The van der Waals surface area contributed by atoms with Gasteiger partial charge >= 0.3 is 0 Å². The van der Waals surface area contributed by atoms with Crippen LogP contribution in [0, 0.1) is 13.8 Å². The second-order valence-corrected chi connectivity index (χ2v) is 4.25. The van der Waals surface area contributed by atoms with Crippen LogP contribution < -0.4 is 5.32 Å². The van der Waals surface area contributed by atoms with E-state index in [1.54, 1.807) is 4.68 Å². The van der Waals surface area contributed by atoms with E-state index in [0.29, 0.717) is 5.82 Å². The van der Waals surface area contributed by atoms with E-state index >= 15 is 0 Å². The van der Waals surface area contributed by atoms with E-state index in [2.05, 4.69) is 20.4 Å². The zero-order valence-corrected chi connectivity index (χ0v) is 10.5. The number of nitrogens with zero attached hydrogens (tertiary/aromatic N) is 4. The van der Waals surface area contributed by atoms with Crippen molar-refractivity contribution in [1.29, 1.82) is 0 Å². The minimum Gasteiger partial charge on any atom is -0.394 e. The molecule has 2 N–H and O–H groups in total. The molecule has 0 saturated heterocycles. The average Bonchev–Trinajstić information content (AvgIpc) is 2.54. The van der Waals surface area contributed by atoms with E-state index in [9.17, 15) is 0 Å². The fourth-order valence-corrected chi connectivity index (χ4v) is 1.83. The van der Waals surface area contributed by atoms with Crippen LogP contribution in [0.25, 0.3) is 11.0 Å². The second kappa shape index (κ2) is 4.29. The monoisotopic (exact) mass is 235 g/mol. The number of aliphatic hydroxyl groups excluding tert-OH is 1. The molecule has 0 aliphatic carbocycles. The first kappa shape index (κ1) is 11.8. The molecule has 1 atom stereocenters. The van der Waals surface area contributed by atoms with Crippen LogP contribution in [-0.2, 0) is 7.05 Å². The van der Waals surface area contributed by atoms with Gasteiger partial charge in [-0.2, -0.15) is 5.10 Å². The number of rotatable bonds is 3. The summed E-state index contributed by atoms with van der Waals surface area (Å²) in [5, 5.41) is 16.6. The van der Waals surface area contributed by atoms with Gasteiger partial charge in [0.2, 0.25) is 0 Å². The van der Waals surface area contributed by atoms with Gasteiger partial charge in [-0.3, -0.25) is 4.68 Å². The molecule has 0 spiro atoms. The molecular weight excluding hydrogens is 218 g/mol. The largest absolute Gasteiger partial charge is 0.394 e. The Bertz CT molecular complexity index is 548. The minimum absolute atomic E-state index is 0.0530. The van der Waals surface area contributed by atoms with Crippen molar-refractivity contribution in [2.45, 2.75) is 26.8 Å². The maximum absolute atomic E-state index is 9.08. The van der Waals surface area contributed by atoms with Crippen molar-refractivity contribution >= 4 is 16.9 Å². The zero-order chi connectivity index (χ0) is 12.6. The summed E-state index contributed by atoms with van der Waals surface area (Å²) in [5.74, 6) is 1.42. The summed E-state index contributed by atoms with van der Waals surface area (Å²) < 4.78 is 1.76. The van der Waals surface area contributed by atoms with Gasteiger partial charge in [0.1, 0.15) is 16.9 Å². The van der Waals surface area contributed by atoms with Gasteiger partial charge < -0.3 is 10.4 Å². The van der Waals surface area contributed by atoms with Crippen LogP contribution in [0.2, 0.25) is 0 Å². The number of aliphatic hydroxyl groups is 1. The lowest BCUT2D eigenvalue weighted by Crippen LogP contribution is -2.21. The third-order valence-electron chi connectivity index (χ3n) is 2.62. The molecule has 92 valence electrons. The first-order valence-corrected chi connectivity index (χ1v) is 5.58. The molecule has 2 aromatic heterocycles. The van der Waals surface area contributed by atoms with Crippen molar-refractivity contribution < 1.29 is 5.11 Å². The maximum Gasteiger partial charge on any atom is 0.156 e. The Balaban J connectivity index is 2.60. The number of fused-ring (bicyclic) bond motifs is 1. The van der Waals surface area contributed by atoms with Crippen LogP contribution in [0.3, 0.4) is 0 Å². The summed E-state index contributed by atoms with van der Waals surface area (Å²) in [6, 6.07) is -0.0530. The van der Waals surface area contributed by atoms with Crippen LogP contribution in [0.5, 0.6) is 0 Å². The lowest BCUT2D eigenvalue weighted by Gasteiger charge is -2.13. The van der Waals surface area contributed by atoms with Crippen LogP contribution in [0.4, 0.5) is 5.82 Å². The molecule has 0 unspecified atom stereocenters. The van der Waals surface area contributed by atoms with E-state index in [1.165, 1.54) is 0 Å². The molecule has 0 aromatic carbocycles. The molecule has 0 fully saturated rings. The third kappa shape index (κ3) is 2.08. The van der Waals surface area contributed by atoms with Gasteiger partial charge in [-0.15, -0.1) is 0 Å². The first-order valence-electron chi connectivity index (χ1n) is 5.58. The van der Waals surface area contributed by atoms with Crippen LogP contribution in [-0.4, -0.2) is 37.5 Å².